The number of anilines is 2. The van der Waals surface area contributed by atoms with Crippen LogP contribution in [-0.2, 0) is 4.79 Å². The van der Waals surface area contributed by atoms with E-state index >= 15 is 0 Å². The van der Waals surface area contributed by atoms with Crippen LogP contribution < -0.4 is 11.1 Å². The fourth-order valence-electron chi connectivity index (χ4n) is 1.67. The molecule has 0 aromatic heterocycles. The van der Waals surface area contributed by atoms with Crippen LogP contribution in [0.5, 0.6) is 0 Å². The minimum atomic E-state index is -0.106. The van der Waals surface area contributed by atoms with E-state index in [0.717, 1.165) is 0 Å². The van der Waals surface area contributed by atoms with Gasteiger partial charge in [0, 0.05) is 37.4 Å². The van der Waals surface area contributed by atoms with Gasteiger partial charge < -0.3 is 21.3 Å². The predicted molar refractivity (Wildman–Crippen MR) is 74.7 cm³/mol. The molecule has 1 rings (SSSR count). The molecule has 5 N–H and O–H groups in total. The molecule has 0 atom stereocenters. The summed E-state index contributed by atoms with van der Waals surface area (Å²) in [6.45, 7) is 1.44. The minimum Gasteiger partial charge on any atom is -0.399 e. The van der Waals surface area contributed by atoms with Crippen molar-refractivity contribution in [1.29, 1.82) is 0 Å². The van der Waals surface area contributed by atoms with Crippen LogP contribution in [0.1, 0.15) is 6.42 Å². The second-order valence-corrected chi connectivity index (χ2v) is 4.21. The molecule has 0 bridgehead atoms. The molecule has 0 saturated carbocycles. The monoisotopic (exact) mass is 267 g/mol. The smallest absolute Gasteiger partial charge is 0.225 e. The summed E-state index contributed by atoms with van der Waals surface area (Å²) in [5.41, 5.74) is 6.91. The summed E-state index contributed by atoms with van der Waals surface area (Å²) in [5.74, 6) is -0.106. The van der Waals surface area contributed by atoms with Crippen LogP contribution in [0, 0.1) is 0 Å². The van der Waals surface area contributed by atoms with E-state index in [1.165, 1.54) is 0 Å². The Hall–Kier alpha value is -1.63. The van der Waals surface area contributed by atoms with Crippen LogP contribution in [0.15, 0.2) is 24.3 Å². The zero-order valence-corrected chi connectivity index (χ0v) is 10.9. The van der Waals surface area contributed by atoms with Crippen LogP contribution in [0.4, 0.5) is 11.4 Å². The van der Waals surface area contributed by atoms with Gasteiger partial charge in [0.05, 0.1) is 13.2 Å². The number of nitrogens with one attached hydrogen (secondary N) is 1. The van der Waals surface area contributed by atoms with Gasteiger partial charge in [-0.15, -0.1) is 0 Å². The van der Waals surface area contributed by atoms with Gasteiger partial charge in [-0.2, -0.15) is 0 Å². The lowest BCUT2D eigenvalue weighted by Gasteiger charge is -2.19. The molecule has 0 aliphatic carbocycles. The van der Waals surface area contributed by atoms with Crippen molar-refractivity contribution < 1.29 is 15.0 Å². The molecule has 1 aromatic carbocycles. The highest BCUT2D eigenvalue weighted by molar-refractivity contribution is 5.90. The van der Waals surface area contributed by atoms with Crippen molar-refractivity contribution in [3.63, 3.8) is 0 Å². The van der Waals surface area contributed by atoms with Crippen LogP contribution >= 0.6 is 0 Å². The van der Waals surface area contributed by atoms with Gasteiger partial charge in [0.1, 0.15) is 0 Å². The van der Waals surface area contributed by atoms with E-state index in [1.54, 1.807) is 24.3 Å². The van der Waals surface area contributed by atoms with E-state index in [0.29, 0.717) is 37.4 Å². The first kappa shape index (κ1) is 15.4. The molecule has 19 heavy (non-hydrogen) atoms. The Morgan fingerprint density at radius 1 is 1.11 bits per heavy atom. The summed E-state index contributed by atoms with van der Waals surface area (Å²) in [6.07, 6.45) is 0.310. The Balaban J connectivity index is 2.35. The molecule has 106 valence electrons. The number of nitrogen functional groups attached to an aromatic ring is 1. The Kier molecular flexibility index (Phi) is 6.88. The number of benzene rings is 1. The van der Waals surface area contributed by atoms with Crippen LogP contribution in [0.25, 0.3) is 0 Å². The zero-order valence-electron chi connectivity index (χ0n) is 10.9. The van der Waals surface area contributed by atoms with E-state index in [1.807, 2.05) is 4.90 Å². The first-order valence-corrected chi connectivity index (χ1v) is 6.25. The molecule has 1 amide bonds. The number of aliphatic hydroxyl groups excluding tert-OH is 2. The van der Waals surface area contributed by atoms with Crippen molar-refractivity contribution in [2.24, 2.45) is 0 Å². The topological polar surface area (TPSA) is 98.8 Å². The number of aliphatic hydroxyl groups is 2. The fourth-order valence-corrected chi connectivity index (χ4v) is 1.67. The second-order valence-electron chi connectivity index (χ2n) is 4.21. The maximum absolute atomic E-state index is 11.7. The number of amides is 1. The van der Waals surface area contributed by atoms with E-state index in [4.69, 9.17) is 15.9 Å². The Morgan fingerprint density at radius 3 is 2.21 bits per heavy atom. The summed E-state index contributed by atoms with van der Waals surface area (Å²) in [5, 5.41) is 20.5. The summed E-state index contributed by atoms with van der Waals surface area (Å²) < 4.78 is 0. The van der Waals surface area contributed by atoms with Crippen molar-refractivity contribution in [2.45, 2.75) is 6.42 Å². The molecule has 1 aromatic rings. The van der Waals surface area contributed by atoms with Gasteiger partial charge >= 0.3 is 0 Å². The lowest BCUT2D eigenvalue weighted by atomic mass is 10.2. The Morgan fingerprint density at radius 2 is 1.68 bits per heavy atom. The van der Waals surface area contributed by atoms with Crippen LogP contribution in [0.2, 0.25) is 0 Å². The van der Waals surface area contributed by atoms with Gasteiger partial charge in [-0.25, -0.2) is 0 Å². The van der Waals surface area contributed by atoms with E-state index in [2.05, 4.69) is 5.32 Å². The highest BCUT2D eigenvalue weighted by Crippen LogP contribution is 2.10. The average molecular weight is 267 g/mol. The van der Waals surface area contributed by atoms with Crippen molar-refractivity contribution in [2.75, 3.05) is 43.9 Å². The molecule has 0 spiro atoms. The molecule has 0 aliphatic rings. The maximum Gasteiger partial charge on any atom is 0.225 e. The lowest BCUT2D eigenvalue weighted by Crippen LogP contribution is -2.32. The minimum absolute atomic E-state index is 0.0135. The van der Waals surface area contributed by atoms with Crippen molar-refractivity contribution >= 4 is 17.3 Å². The van der Waals surface area contributed by atoms with Crippen LogP contribution in [0.3, 0.4) is 0 Å². The molecule has 0 heterocycles. The molecule has 6 nitrogen and oxygen atoms in total. The molecule has 0 aliphatic heterocycles. The molecule has 0 unspecified atom stereocenters. The number of carbonyl (C=O) groups excluding carboxylic acids is 1. The molecule has 6 heteroatoms. The summed E-state index contributed by atoms with van der Waals surface area (Å²) in [7, 11) is 0. The van der Waals surface area contributed by atoms with Crippen LogP contribution in [-0.4, -0.2) is 53.9 Å². The van der Waals surface area contributed by atoms with Crippen molar-refractivity contribution in [1.82, 2.24) is 4.90 Å². The van der Waals surface area contributed by atoms with Gasteiger partial charge in [-0.05, 0) is 24.3 Å². The molecular formula is C13H21N3O3. The van der Waals surface area contributed by atoms with Gasteiger partial charge in [0.2, 0.25) is 5.91 Å². The number of nitrogens with zero attached hydrogens (tertiary/aromatic N) is 1. The average Bonchev–Trinajstić information content (AvgIpc) is 2.39. The van der Waals surface area contributed by atoms with Gasteiger partial charge in [0.15, 0.2) is 0 Å². The molecule has 0 saturated heterocycles. The molecule has 0 fully saturated rings. The maximum atomic E-state index is 11.7. The van der Waals surface area contributed by atoms with E-state index < -0.39 is 0 Å². The SMILES string of the molecule is Nc1ccc(NC(=O)CCN(CCO)CCO)cc1. The zero-order chi connectivity index (χ0) is 14.1. The van der Waals surface area contributed by atoms with E-state index in [-0.39, 0.29) is 19.1 Å². The number of carbonyl (C=O) groups is 1. The number of hydrogen-bond donors (Lipinski definition) is 4. The van der Waals surface area contributed by atoms with E-state index in [9.17, 15) is 4.79 Å². The summed E-state index contributed by atoms with van der Waals surface area (Å²) in [4.78, 5) is 13.6. The predicted octanol–water partition coefficient (Wildman–Crippen LogP) is -0.116. The first-order valence-electron chi connectivity index (χ1n) is 6.25. The highest BCUT2D eigenvalue weighted by Gasteiger charge is 2.07. The Bertz CT molecular complexity index is 375. The third-order valence-corrected chi connectivity index (χ3v) is 2.68. The highest BCUT2D eigenvalue weighted by atomic mass is 16.3. The standard InChI is InChI=1S/C13H21N3O3/c14-11-1-3-12(4-2-11)15-13(19)5-6-16(7-9-17)8-10-18/h1-4,17-18H,5-10,14H2,(H,15,19). The van der Waals surface area contributed by atoms with Gasteiger partial charge in [-0.1, -0.05) is 0 Å². The first-order chi connectivity index (χ1) is 9.15. The second kappa shape index (κ2) is 8.47. The lowest BCUT2D eigenvalue weighted by molar-refractivity contribution is -0.116. The third kappa shape index (κ3) is 6.19. The number of hydrogen-bond acceptors (Lipinski definition) is 5. The van der Waals surface area contributed by atoms with Crippen molar-refractivity contribution in [3.05, 3.63) is 24.3 Å². The summed E-state index contributed by atoms with van der Waals surface area (Å²) in [6, 6.07) is 6.93. The Labute approximate surface area is 112 Å². The molecule has 0 radical (unpaired) electrons. The normalized spacial score (nSPS) is 10.7. The largest absolute Gasteiger partial charge is 0.399 e. The number of nitrogens with two attached hydrogens (primary N) is 1. The third-order valence-electron chi connectivity index (χ3n) is 2.68. The van der Waals surface area contributed by atoms with Crippen molar-refractivity contribution in [3.8, 4) is 0 Å². The van der Waals surface area contributed by atoms with Gasteiger partial charge in [0.25, 0.3) is 0 Å². The van der Waals surface area contributed by atoms with Gasteiger partial charge in [-0.3, -0.25) is 9.69 Å². The molecular weight excluding hydrogens is 246 g/mol. The number of rotatable bonds is 8. The summed E-state index contributed by atoms with van der Waals surface area (Å²) >= 11 is 0. The quantitative estimate of drug-likeness (QED) is 0.492. The fraction of sp³-hybridized carbons (Fsp3) is 0.462.